The number of halogens is 2. The molecule has 0 N–H and O–H groups in total. The number of anilines is 1. The summed E-state index contributed by atoms with van der Waals surface area (Å²) >= 11 is 0. The molecule has 1 fully saturated rings. The van der Waals surface area contributed by atoms with Gasteiger partial charge < -0.3 is 14.7 Å². The van der Waals surface area contributed by atoms with Gasteiger partial charge in [-0.1, -0.05) is 42.5 Å². The highest BCUT2D eigenvalue weighted by Gasteiger charge is 2.35. The van der Waals surface area contributed by atoms with E-state index in [1.54, 1.807) is 46.2 Å². The topological polar surface area (TPSA) is 43.9 Å². The van der Waals surface area contributed by atoms with Crippen molar-refractivity contribution in [3.05, 3.63) is 101 Å². The zero-order chi connectivity index (χ0) is 23.7. The molecule has 174 valence electrons. The molecule has 7 heteroatoms. The summed E-state index contributed by atoms with van der Waals surface area (Å²) in [5.41, 5.74) is 2.83. The Kier molecular flexibility index (Phi) is 6.01. The predicted molar refractivity (Wildman–Crippen MR) is 125 cm³/mol. The number of hydrogen-bond acceptors (Lipinski definition) is 3. The van der Waals surface area contributed by atoms with E-state index in [2.05, 4.69) is 0 Å². The van der Waals surface area contributed by atoms with Crippen LogP contribution in [0.2, 0.25) is 0 Å². The van der Waals surface area contributed by atoms with Gasteiger partial charge >= 0.3 is 0 Å². The van der Waals surface area contributed by atoms with Crippen LogP contribution in [0, 0.1) is 11.6 Å². The van der Waals surface area contributed by atoms with E-state index in [0.717, 1.165) is 11.1 Å². The van der Waals surface area contributed by atoms with Crippen LogP contribution >= 0.6 is 0 Å². The SMILES string of the molecule is O=C(CC(c1ccc(F)cc1)N1Cc2ccccc2C1=O)N1CCN(c2ccccc2F)CC1. The van der Waals surface area contributed by atoms with Crippen LogP contribution in [0.4, 0.5) is 14.5 Å². The Morgan fingerprint density at radius 1 is 0.853 bits per heavy atom. The molecule has 5 rings (SSSR count). The van der Waals surface area contributed by atoms with Crippen LogP contribution in [0.15, 0.2) is 72.8 Å². The van der Waals surface area contributed by atoms with Gasteiger partial charge in [-0.2, -0.15) is 0 Å². The number of benzene rings is 3. The van der Waals surface area contributed by atoms with Gasteiger partial charge in [0.1, 0.15) is 11.6 Å². The maximum atomic E-state index is 14.2. The number of hydrogen-bond donors (Lipinski definition) is 0. The van der Waals surface area contributed by atoms with Crippen LogP contribution in [0.3, 0.4) is 0 Å². The van der Waals surface area contributed by atoms with Crippen LogP contribution < -0.4 is 4.90 Å². The highest BCUT2D eigenvalue weighted by atomic mass is 19.1. The average Bonchev–Trinajstić information content (AvgIpc) is 3.20. The fraction of sp³-hybridized carbons (Fsp3) is 0.259. The van der Waals surface area contributed by atoms with Gasteiger partial charge in [0.25, 0.3) is 5.91 Å². The Balaban J connectivity index is 1.32. The normalized spacial score (nSPS) is 16.5. The summed E-state index contributed by atoms with van der Waals surface area (Å²) in [7, 11) is 0. The fourth-order valence-electron chi connectivity index (χ4n) is 4.82. The molecule has 2 amide bonds. The van der Waals surface area contributed by atoms with E-state index in [9.17, 15) is 18.4 Å². The summed E-state index contributed by atoms with van der Waals surface area (Å²) in [6.07, 6.45) is 0.102. The molecule has 2 heterocycles. The number of para-hydroxylation sites is 1. The molecule has 0 radical (unpaired) electrons. The number of fused-ring (bicyclic) bond motifs is 1. The number of amides is 2. The molecule has 2 aliphatic heterocycles. The van der Waals surface area contributed by atoms with E-state index < -0.39 is 6.04 Å². The second-order valence-corrected chi connectivity index (χ2v) is 8.68. The van der Waals surface area contributed by atoms with Gasteiger partial charge in [-0.3, -0.25) is 9.59 Å². The summed E-state index contributed by atoms with van der Waals surface area (Å²) in [4.78, 5) is 31.9. The number of piperazine rings is 1. The third kappa shape index (κ3) is 4.25. The molecular weight excluding hydrogens is 436 g/mol. The van der Waals surface area contributed by atoms with Crippen molar-refractivity contribution >= 4 is 17.5 Å². The Morgan fingerprint density at radius 2 is 1.53 bits per heavy atom. The molecule has 0 spiro atoms. The van der Waals surface area contributed by atoms with Crippen LogP contribution in [-0.2, 0) is 11.3 Å². The van der Waals surface area contributed by atoms with Crippen LogP contribution in [0.25, 0.3) is 0 Å². The molecule has 1 saturated heterocycles. The molecule has 0 aliphatic carbocycles. The Morgan fingerprint density at radius 3 is 2.24 bits per heavy atom. The zero-order valence-electron chi connectivity index (χ0n) is 18.7. The van der Waals surface area contributed by atoms with Crippen LogP contribution in [0.5, 0.6) is 0 Å². The third-order valence-electron chi connectivity index (χ3n) is 6.67. The van der Waals surface area contributed by atoms with Gasteiger partial charge in [0.05, 0.1) is 18.2 Å². The van der Waals surface area contributed by atoms with Crippen molar-refractivity contribution in [1.82, 2.24) is 9.80 Å². The Hall–Kier alpha value is -3.74. The summed E-state index contributed by atoms with van der Waals surface area (Å²) in [5, 5.41) is 0. The van der Waals surface area contributed by atoms with Gasteiger partial charge in [-0.25, -0.2) is 8.78 Å². The first kappa shape index (κ1) is 22.1. The lowest BCUT2D eigenvalue weighted by Crippen LogP contribution is -2.49. The number of rotatable bonds is 5. The first-order valence-electron chi connectivity index (χ1n) is 11.4. The smallest absolute Gasteiger partial charge is 0.255 e. The van der Waals surface area contributed by atoms with Crippen molar-refractivity contribution in [1.29, 1.82) is 0 Å². The average molecular weight is 462 g/mol. The largest absolute Gasteiger partial charge is 0.366 e. The summed E-state index contributed by atoms with van der Waals surface area (Å²) in [6, 6.07) is 19.6. The molecule has 5 nitrogen and oxygen atoms in total. The monoisotopic (exact) mass is 461 g/mol. The van der Waals surface area contributed by atoms with Gasteiger partial charge in [-0.15, -0.1) is 0 Å². The van der Waals surface area contributed by atoms with E-state index in [4.69, 9.17) is 0 Å². The number of carbonyl (C=O) groups is 2. The third-order valence-corrected chi connectivity index (χ3v) is 6.67. The van der Waals surface area contributed by atoms with Crippen molar-refractivity contribution in [3.63, 3.8) is 0 Å². The quantitative estimate of drug-likeness (QED) is 0.566. The molecule has 34 heavy (non-hydrogen) atoms. The lowest BCUT2D eigenvalue weighted by molar-refractivity contribution is -0.132. The summed E-state index contributed by atoms with van der Waals surface area (Å²) in [5.74, 6) is -0.840. The summed E-state index contributed by atoms with van der Waals surface area (Å²) in [6.45, 7) is 2.41. The lowest BCUT2D eigenvalue weighted by Gasteiger charge is -2.37. The number of carbonyl (C=O) groups excluding carboxylic acids is 2. The van der Waals surface area contributed by atoms with Gasteiger partial charge in [0, 0.05) is 38.3 Å². The molecule has 0 aromatic heterocycles. The highest BCUT2D eigenvalue weighted by molar-refractivity contribution is 5.98. The van der Waals surface area contributed by atoms with Crippen molar-refractivity contribution < 1.29 is 18.4 Å². The van der Waals surface area contributed by atoms with Gasteiger partial charge in [0.2, 0.25) is 5.91 Å². The second kappa shape index (κ2) is 9.25. The van der Waals surface area contributed by atoms with Gasteiger partial charge in [0.15, 0.2) is 0 Å². The molecular formula is C27H25F2N3O2. The zero-order valence-corrected chi connectivity index (χ0v) is 18.7. The van der Waals surface area contributed by atoms with Crippen LogP contribution in [0.1, 0.15) is 33.9 Å². The van der Waals surface area contributed by atoms with E-state index >= 15 is 0 Å². The summed E-state index contributed by atoms with van der Waals surface area (Å²) < 4.78 is 27.7. The maximum absolute atomic E-state index is 14.2. The fourth-order valence-corrected chi connectivity index (χ4v) is 4.82. The first-order valence-corrected chi connectivity index (χ1v) is 11.4. The molecule has 3 aromatic carbocycles. The van der Waals surface area contributed by atoms with E-state index in [-0.39, 0.29) is 29.9 Å². The molecule has 0 bridgehead atoms. The first-order chi connectivity index (χ1) is 16.5. The molecule has 0 saturated carbocycles. The lowest BCUT2D eigenvalue weighted by atomic mass is 10.0. The van der Waals surface area contributed by atoms with Crippen LogP contribution in [-0.4, -0.2) is 47.8 Å². The van der Waals surface area contributed by atoms with Crippen molar-refractivity contribution in [2.24, 2.45) is 0 Å². The number of nitrogens with zero attached hydrogens (tertiary/aromatic N) is 3. The molecule has 1 atom stereocenters. The highest BCUT2D eigenvalue weighted by Crippen LogP contribution is 2.34. The Bertz CT molecular complexity index is 1210. The van der Waals surface area contributed by atoms with E-state index in [1.807, 2.05) is 23.1 Å². The van der Waals surface area contributed by atoms with Crippen molar-refractivity contribution in [2.75, 3.05) is 31.1 Å². The van der Waals surface area contributed by atoms with Crippen molar-refractivity contribution in [2.45, 2.75) is 19.0 Å². The van der Waals surface area contributed by atoms with E-state index in [1.165, 1.54) is 18.2 Å². The van der Waals surface area contributed by atoms with Gasteiger partial charge in [-0.05, 0) is 41.5 Å². The van der Waals surface area contributed by atoms with Crippen molar-refractivity contribution in [3.8, 4) is 0 Å². The van der Waals surface area contributed by atoms with E-state index in [0.29, 0.717) is 44.0 Å². The minimum Gasteiger partial charge on any atom is -0.366 e. The Labute approximate surface area is 197 Å². The maximum Gasteiger partial charge on any atom is 0.255 e. The minimum absolute atomic E-state index is 0.0775. The molecule has 3 aromatic rings. The minimum atomic E-state index is -0.502. The molecule has 1 unspecified atom stereocenters. The standard InChI is InChI=1S/C27H25F2N3O2/c28-21-11-9-19(10-12-21)25(32-18-20-5-1-2-6-22(20)27(32)34)17-26(33)31-15-13-30(14-16-31)24-8-4-3-7-23(24)29/h1-12,25H,13-18H2. The predicted octanol–water partition coefficient (Wildman–Crippen LogP) is 4.40. The second-order valence-electron chi connectivity index (χ2n) is 8.68. The molecule has 2 aliphatic rings.